The maximum absolute atomic E-state index is 14.0. The monoisotopic (exact) mass is 488 g/mol. The normalized spacial score (nSPS) is 18.8. The Hall–Kier alpha value is -4.55. The Labute approximate surface area is 216 Å². The third-order valence-electron chi connectivity index (χ3n) is 6.87. The van der Waals surface area contributed by atoms with Crippen molar-refractivity contribution >= 4 is 23.1 Å². The molecule has 3 N–H and O–H groups in total. The number of nitrogens with one attached hydrogen (secondary N) is 1. The van der Waals surface area contributed by atoms with Crippen molar-refractivity contribution in [2.75, 3.05) is 5.01 Å². The van der Waals surface area contributed by atoms with Crippen molar-refractivity contribution in [1.82, 2.24) is 5.43 Å². The quantitative estimate of drug-likeness (QED) is 0.166. The molecule has 0 saturated heterocycles. The van der Waals surface area contributed by atoms with Gasteiger partial charge in [-0.3, -0.25) is 15.0 Å². The van der Waals surface area contributed by atoms with Crippen LogP contribution in [0.3, 0.4) is 0 Å². The molecule has 0 fully saturated rings. The zero-order chi connectivity index (χ0) is 25.8. The number of hydrogen-bond acceptors (Lipinski definition) is 5. The van der Waals surface area contributed by atoms with Crippen LogP contribution < -0.4 is 16.3 Å². The summed E-state index contributed by atoms with van der Waals surface area (Å²) >= 11 is 0. The number of hydrogen-bond donors (Lipinski definition) is 2. The molecule has 0 saturated carbocycles. The van der Waals surface area contributed by atoms with Crippen LogP contribution in [0.2, 0.25) is 0 Å². The van der Waals surface area contributed by atoms with Gasteiger partial charge in [0.15, 0.2) is 11.3 Å². The van der Waals surface area contributed by atoms with Gasteiger partial charge in [-0.2, -0.15) is 5.10 Å². The van der Waals surface area contributed by atoms with Crippen LogP contribution in [0.1, 0.15) is 39.4 Å². The molecule has 184 valence electrons. The molecule has 2 atom stereocenters. The number of nitrogens with zero attached hydrogens (tertiary/aromatic N) is 2. The molecule has 1 aliphatic heterocycles. The van der Waals surface area contributed by atoms with E-state index in [4.69, 9.17) is 10.9 Å². The van der Waals surface area contributed by atoms with Gasteiger partial charge >= 0.3 is 0 Å². The highest BCUT2D eigenvalue weighted by Gasteiger charge is 2.58. The molecular weight excluding hydrogens is 460 g/mol. The van der Waals surface area contributed by atoms with Gasteiger partial charge in [-0.05, 0) is 30.2 Å². The van der Waals surface area contributed by atoms with Crippen LogP contribution in [0.25, 0.3) is 0 Å². The molecule has 1 amide bonds. The number of carbonyl (C=O) groups excluding carboxylic acids is 2. The number of nitrogens with two attached hydrogens (primary N) is 1. The summed E-state index contributed by atoms with van der Waals surface area (Å²) in [6.45, 7) is 1.97. The molecule has 6 heteroatoms. The summed E-state index contributed by atoms with van der Waals surface area (Å²) in [5.74, 6) is 4.62. The van der Waals surface area contributed by atoms with E-state index in [9.17, 15) is 9.59 Å². The Balaban J connectivity index is 1.76. The third kappa shape index (κ3) is 4.43. The maximum atomic E-state index is 14.0. The summed E-state index contributed by atoms with van der Waals surface area (Å²) in [6.07, 6.45) is -0.132. The van der Waals surface area contributed by atoms with Crippen molar-refractivity contribution in [3.05, 3.63) is 138 Å². The van der Waals surface area contributed by atoms with Crippen molar-refractivity contribution in [1.29, 1.82) is 0 Å². The van der Waals surface area contributed by atoms with Gasteiger partial charge in [-0.15, -0.1) is 0 Å². The van der Waals surface area contributed by atoms with Gasteiger partial charge in [0.05, 0.1) is 17.3 Å². The fourth-order valence-corrected chi connectivity index (χ4v) is 5.07. The van der Waals surface area contributed by atoms with Crippen molar-refractivity contribution in [2.45, 2.75) is 24.8 Å². The number of aryl methyl sites for hydroxylation is 1. The molecule has 0 aromatic heterocycles. The molecule has 0 spiro atoms. The Morgan fingerprint density at radius 1 is 0.838 bits per heavy atom. The van der Waals surface area contributed by atoms with Crippen molar-refractivity contribution in [3.63, 3.8) is 0 Å². The molecule has 0 aliphatic carbocycles. The van der Waals surface area contributed by atoms with Crippen LogP contribution in [-0.4, -0.2) is 22.9 Å². The highest BCUT2D eigenvalue weighted by molar-refractivity contribution is 6.15. The first-order valence-electron chi connectivity index (χ1n) is 12.2. The second-order valence-corrected chi connectivity index (χ2v) is 9.21. The van der Waals surface area contributed by atoms with Gasteiger partial charge in [-0.25, -0.2) is 10.9 Å². The number of Topliss-reactive ketones (excluding diaryl/α,β-unsaturated/α-hetero) is 1. The number of anilines is 1. The number of rotatable bonds is 7. The zero-order valence-electron chi connectivity index (χ0n) is 20.5. The SMILES string of the molecule is Cc1ccc(C(=O)CC2(C(=O)NN)C(c3ccccc3)C(c3ccccc3)=NN2c2ccccc2)cc1. The predicted octanol–water partition coefficient (Wildman–Crippen LogP) is 5.00. The number of para-hydroxylation sites is 1. The lowest BCUT2D eigenvalue weighted by atomic mass is 9.71. The van der Waals surface area contributed by atoms with Crippen LogP contribution in [0.15, 0.2) is 120 Å². The van der Waals surface area contributed by atoms with E-state index in [2.05, 4.69) is 5.43 Å². The Bertz CT molecular complexity index is 1420. The lowest BCUT2D eigenvalue weighted by Crippen LogP contribution is -2.61. The number of carbonyl (C=O) groups is 2. The molecule has 2 unspecified atom stereocenters. The predicted molar refractivity (Wildman–Crippen MR) is 146 cm³/mol. The largest absolute Gasteiger partial charge is 0.294 e. The van der Waals surface area contributed by atoms with Gasteiger partial charge < -0.3 is 0 Å². The molecule has 0 bridgehead atoms. The summed E-state index contributed by atoms with van der Waals surface area (Å²) in [7, 11) is 0. The highest BCUT2D eigenvalue weighted by atomic mass is 16.2. The van der Waals surface area contributed by atoms with Gasteiger partial charge in [0.2, 0.25) is 0 Å². The second-order valence-electron chi connectivity index (χ2n) is 9.21. The first-order valence-corrected chi connectivity index (χ1v) is 12.2. The lowest BCUT2D eigenvalue weighted by Gasteiger charge is -2.40. The average molecular weight is 489 g/mol. The molecule has 1 aliphatic rings. The molecule has 37 heavy (non-hydrogen) atoms. The zero-order valence-corrected chi connectivity index (χ0v) is 20.5. The average Bonchev–Trinajstić information content (AvgIpc) is 3.30. The number of hydrazine groups is 1. The molecule has 5 rings (SSSR count). The van der Waals surface area contributed by atoms with Crippen LogP contribution in [0, 0.1) is 6.92 Å². The molecule has 6 nitrogen and oxygen atoms in total. The fraction of sp³-hybridized carbons (Fsp3) is 0.129. The van der Waals surface area contributed by atoms with E-state index in [0.717, 1.165) is 16.7 Å². The Morgan fingerprint density at radius 2 is 1.41 bits per heavy atom. The van der Waals surface area contributed by atoms with E-state index in [1.54, 1.807) is 17.1 Å². The van der Waals surface area contributed by atoms with E-state index in [-0.39, 0.29) is 12.2 Å². The third-order valence-corrected chi connectivity index (χ3v) is 6.87. The number of ketones is 1. The van der Waals surface area contributed by atoms with Crippen molar-refractivity contribution in [3.8, 4) is 0 Å². The lowest BCUT2D eigenvalue weighted by molar-refractivity contribution is -0.126. The molecule has 0 radical (unpaired) electrons. The summed E-state index contributed by atoms with van der Waals surface area (Å²) in [4.78, 5) is 27.8. The van der Waals surface area contributed by atoms with Crippen LogP contribution >= 0.6 is 0 Å². The fourth-order valence-electron chi connectivity index (χ4n) is 5.07. The maximum Gasteiger partial charge on any atom is 0.263 e. The number of amides is 1. The number of benzene rings is 4. The van der Waals surface area contributed by atoms with Gasteiger partial charge in [0, 0.05) is 12.0 Å². The van der Waals surface area contributed by atoms with E-state index >= 15 is 0 Å². The molecule has 4 aromatic carbocycles. The summed E-state index contributed by atoms with van der Waals surface area (Å²) in [5, 5.41) is 6.73. The smallest absolute Gasteiger partial charge is 0.263 e. The molecule has 1 heterocycles. The summed E-state index contributed by atoms with van der Waals surface area (Å²) in [5.41, 5.74) is 5.62. The van der Waals surface area contributed by atoms with Crippen LogP contribution in [0.4, 0.5) is 5.69 Å². The standard InChI is InChI=1S/C31H28N4O2/c1-22-17-19-23(20-18-22)27(36)21-31(30(37)33-32)28(24-11-5-2-6-12-24)29(25-13-7-3-8-14-25)34-35(31)26-15-9-4-10-16-26/h2-20,28H,21,32H2,1H3,(H,33,37). The van der Waals surface area contributed by atoms with Gasteiger partial charge in [-0.1, -0.05) is 109 Å². The number of hydrazone groups is 1. The van der Waals surface area contributed by atoms with Gasteiger partial charge in [0.1, 0.15) is 0 Å². The van der Waals surface area contributed by atoms with E-state index in [1.165, 1.54) is 0 Å². The van der Waals surface area contributed by atoms with Gasteiger partial charge in [0.25, 0.3) is 5.91 Å². The minimum atomic E-state index is -1.45. The first kappa shape index (κ1) is 24.2. The van der Waals surface area contributed by atoms with Crippen molar-refractivity contribution < 1.29 is 9.59 Å². The van der Waals surface area contributed by atoms with Crippen molar-refractivity contribution in [2.24, 2.45) is 10.9 Å². The van der Waals surface area contributed by atoms with E-state index in [0.29, 0.717) is 17.0 Å². The summed E-state index contributed by atoms with van der Waals surface area (Å²) in [6, 6.07) is 36.3. The Morgan fingerprint density at radius 3 is 2.00 bits per heavy atom. The molecule has 4 aromatic rings. The van der Waals surface area contributed by atoms with Crippen LogP contribution in [0.5, 0.6) is 0 Å². The van der Waals surface area contributed by atoms with E-state index in [1.807, 2.05) is 110 Å². The second kappa shape index (κ2) is 10.2. The minimum Gasteiger partial charge on any atom is -0.294 e. The van der Waals surface area contributed by atoms with Crippen LogP contribution in [-0.2, 0) is 4.79 Å². The Kier molecular flexibility index (Phi) is 6.66. The molecular formula is C31H28N4O2. The van der Waals surface area contributed by atoms with E-state index < -0.39 is 17.4 Å². The highest BCUT2D eigenvalue weighted by Crippen LogP contribution is 2.47. The minimum absolute atomic E-state index is 0.132. The topological polar surface area (TPSA) is 87.8 Å². The first-order chi connectivity index (χ1) is 18.0. The summed E-state index contributed by atoms with van der Waals surface area (Å²) < 4.78 is 0.